The van der Waals surface area contributed by atoms with E-state index in [-0.39, 0.29) is 18.5 Å². The van der Waals surface area contributed by atoms with Gasteiger partial charge in [-0.25, -0.2) is 0 Å². The molecular formula is C13H18O3. The monoisotopic (exact) mass is 222 g/mol. The zero-order valence-electron chi connectivity index (χ0n) is 10.2. The fourth-order valence-electron chi connectivity index (χ4n) is 1.40. The number of benzene rings is 1. The van der Waals surface area contributed by atoms with Crippen molar-refractivity contribution in [3.05, 3.63) is 29.3 Å². The number of carbonyl (C=O) groups excluding carboxylic acids is 1. The lowest BCUT2D eigenvalue weighted by Crippen LogP contribution is -2.11. The summed E-state index contributed by atoms with van der Waals surface area (Å²) in [7, 11) is 1.55. The molecule has 0 bridgehead atoms. The average molecular weight is 222 g/mol. The van der Waals surface area contributed by atoms with Crippen molar-refractivity contribution in [2.45, 2.75) is 20.8 Å². The molecule has 0 saturated heterocycles. The summed E-state index contributed by atoms with van der Waals surface area (Å²) >= 11 is 0. The standard InChI is InChI=1S/C13H18O3/c1-9(2)13(14)11-7-10(3)5-6-12(11)16-8-15-4/h5-7,9H,8H2,1-4H3. The van der Waals surface area contributed by atoms with E-state index < -0.39 is 0 Å². The SMILES string of the molecule is COCOc1ccc(C)cc1C(=O)C(C)C. The predicted octanol–water partition coefficient (Wildman–Crippen LogP) is 2.82. The summed E-state index contributed by atoms with van der Waals surface area (Å²) in [5.41, 5.74) is 1.68. The van der Waals surface area contributed by atoms with Crippen molar-refractivity contribution in [2.24, 2.45) is 5.92 Å². The molecule has 0 aliphatic rings. The second kappa shape index (κ2) is 5.66. The minimum absolute atomic E-state index is 0.0355. The number of ether oxygens (including phenoxy) is 2. The number of Topliss-reactive ketones (excluding diaryl/α,β-unsaturated/α-hetero) is 1. The van der Waals surface area contributed by atoms with Crippen molar-refractivity contribution in [3.8, 4) is 5.75 Å². The minimum Gasteiger partial charge on any atom is -0.467 e. The molecule has 0 unspecified atom stereocenters. The van der Waals surface area contributed by atoms with Crippen molar-refractivity contribution in [1.82, 2.24) is 0 Å². The molecule has 0 aliphatic heterocycles. The summed E-state index contributed by atoms with van der Waals surface area (Å²) in [4.78, 5) is 12.0. The molecule has 0 fully saturated rings. The van der Waals surface area contributed by atoms with Crippen LogP contribution in [0.25, 0.3) is 0 Å². The third-order valence-electron chi connectivity index (χ3n) is 2.26. The molecule has 0 amide bonds. The van der Waals surface area contributed by atoms with Gasteiger partial charge in [0.1, 0.15) is 5.75 Å². The van der Waals surface area contributed by atoms with Gasteiger partial charge in [0.2, 0.25) is 0 Å². The van der Waals surface area contributed by atoms with E-state index in [1.807, 2.05) is 39.0 Å². The normalized spacial score (nSPS) is 10.6. The number of aryl methyl sites for hydroxylation is 1. The lowest BCUT2D eigenvalue weighted by atomic mass is 9.99. The van der Waals surface area contributed by atoms with Gasteiger partial charge in [-0.3, -0.25) is 4.79 Å². The Labute approximate surface area is 96.4 Å². The first kappa shape index (κ1) is 12.7. The highest BCUT2D eigenvalue weighted by Crippen LogP contribution is 2.23. The van der Waals surface area contributed by atoms with Crippen LogP contribution in [0.15, 0.2) is 18.2 Å². The second-order valence-electron chi connectivity index (χ2n) is 4.07. The van der Waals surface area contributed by atoms with E-state index in [1.165, 1.54) is 0 Å². The van der Waals surface area contributed by atoms with Crippen LogP contribution in [0.2, 0.25) is 0 Å². The largest absolute Gasteiger partial charge is 0.467 e. The van der Waals surface area contributed by atoms with Crippen LogP contribution >= 0.6 is 0 Å². The quantitative estimate of drug-likeness (QED) is 0.567. The van der Waals surface area contributed by atoms with Gasteiger partial charge in [-0.2, -0.15) is 0 Å². The van der Waals surface area contributed by atoms with Crippen LogP contribution in [0, 0.1) is 12.8 Å². The van der Waals surface area contributed by atoms with Crippen molar-refractivity contribution in [2.75, 3.05) is 13.9 Å². The Balaban J connectivity index is 3.03. The van der Waals surface area contributed by atoms with Gasteiger partial charge in [-0.1, -0.05) is 25.5 Å². The van der Waals surface area contributed by atoms with Crippen molar-refractivity contribution in [3.63, 3.8) is 0 Å². The highest BCUT2D eigenvalue weighted by molar-refractivity contribution is 6.00. The van der Waals surface area contributed by atoms with Crippen molar-refractivity contribution >= 4 is 5.78 Å². The number of hydrogen-bond acceptors (Lipinski definition) is 3. The Kier molecular flexibility index (Phi) is 4.50. The molecule has 0 aliphatic carbocycles. The van der Waals surface area contributed by atoms with Crippen LogP contribution in [0.5, 0.6) is 5.75 Å². The van der Waals surface area contributed by atoms with Crippen LogP contribution in [0.3, 0.4) is 0 Å². The summed E-state index contributed by atoms with van der Waals surface area (Å²) in [5.74, 6) is 0.646. The highest BCUT2D eigenvalue weighted by Gasteiger charge is 2.15. The molecule has 0 heterocycles. The van der Waals surface area contributed by atoms with Crippen molar-refractivity contribution in [1.29, 1.82) is 0 Å². The predicted molar refractivity (Wildman–Crippen MR) is 62.9 cm³/mol. The third-order valence-corrected chi connectivity index (χ3v) is 2.26. The number of rotatable bonds is 5. The average Bonchev–Trinajstić information content (AvgIpc) is 2.26. The van der Waals surface area contributed by atoms with E-state index >= 15 is 0 Å². The van der Waals surface area contributed by atoms with E-state index in [2.05, 4.69) is 0 Å². The Bertz CT molecular complexity index is 369. The smallest absolute Gasteiger partial charge is 0.188 e. The number of hydrogen-bond donors (Lipinski definition) is 0. The Morgan fingerprint density at radius 3 is 2.62 bits per heavy atom. The number of carbonyl (C=O) groups is 1. The Morgan fingerprint density at radius 2 is 2.06 bits per heavy atom. The molecule has 0 radical (unpaired) electrons. The molecule has 1 aromatic carbocycles. The maximum Gasteiger partial charge on any atom is 0.188 e. The topological polar surface area (TPSA) is 35.5 Å². The first-order chi connectivity index (χ1) is 7.56. The molecule has 0 spiro atoms. The van der Waals surface area contributed by atoms with Crippen LogP contribution < -0.4 is 4.74 Å². The van der Waals surface area contributed by atoms with Crippen LogP contribution in [0.4, 0.5) is 0 Å². The van der Waals surface area contributed by atoms with Crippen LogP contribution in [-0.4, -0.2) is 19.7 Å². The molecule has 16 heavy (non-hydrogen) atoms. The van der Waals surface area contributed by atoms with Gasteiger partial charge in [0.15, 0.2) is 12.6 Å². The second-order valence-corrected chi connectivity index (χ2v) is 4.07. The maximum atomic E-state index is 12.0. The Hall–Kier alpha value is -1.35. The highest BCUT2D eigenvalue weighted by atomic mass is 16.7. The van der Waals surface area contributed by atoms with Gasteiger partial charge in [0.25, 0.3) is 0 Å². The van der Waals surface area contributed by atoms with Gasteiger partial charge in [0.05, 0.1) is 5.56 Å². The fraction of sp³-hybridized carbons (Fsp3) is 0.462. The lowest BCUT2D eigenvalue weighted by molar-refractivity contribution is 0.0500. The minimum atomic E-state index is -0.0355. The molecule has 3 heteroatoms. The molecule has 0 N–H and O–H groups in total. The Morgan fingerprint density at radius 1 is 1.38 bits per heavy atom. The summed E-state index contributed by atoms with van der Waals surface area (Å²) in [5, 5.41) is 0. The number of ketones is 1. The van der Waals surface area contributed by atoms with Gasteiger partial charge >= 0.3 is 0 Å². The van der Waals surface area contributed by atoms with Gasteiger partial charge in [-0.15, -0.1) is 0 Å². The van der Waals surface area contributed by atoms with Crippen LogP contribution in [0.1, 0.15) is 29.8 Å². The van der Waals surface area contributed by atoms with E-state index in [4.69, 9.17) is 9.47 Å². The molecular weight excluding hydrogens is 204 g/mol. The zero-order chi connectivity index (χ0) is 12.1. The van der Waals surface area contributed by atoms with Crippen molar-refractivity contribution < 1.29 is 14.3 Å². The lowest BCUT2D eigenvalue weighted by Gasteiger charge is -2.12. The summed E-state index contributed by atoms with van der Waals surface area (Å²) in [6.45, 7) is 5.87. The fourth-order valence-corrected chi connectivity index (χ4v) is 1.40. The number of methoxy groups -OCH3 is 1. The molecule has 88 valence electrons. The van der Waals surface area contributed by atoms with E-state index in [1.54, 1.807) is 7.11 Å². The summed E-state index contributed by atoms with van der Waals surface area (Å²) in [6, 6.07) is 5.58. The summed E-state index contributed by atoms with van der Waals surface area (Å²) in [6.07, 6.45) is 0. The molecule has 0 atom stereocenters. The van der Waals surface area contributed by atoms with Gasteiger partial charge < -0.3 is 9.47 Å². The van der Waals surface area contributed by atoms with E-state index in [9.17, 15) is 4.79 Å². The van der Waals surface area contributed by atoms with Gasteiger partial charge in [0, 0.05) is 13.0 Å². The molecule has 3 nitrogen and oxygen atoms in total. The molecule has 0 aromatic heterocycles. The van der Waals surface area contributed by atoms with E-state index in [0.29, 0.717) is 11.3 Å². The third kappa shape index (κ3) is 3.07. The zero-order valence-corrected chi connectivity index (χ0v) is 10.2. The molecule has 1 rings (SSSR count). The first-order valence-electron chi connectivity index (χ1n) is 5.33. The molecule has 1 aromatic rings. The van der Waals surface area contributed by atoms with Crippen LogP contribution in [-0.2, 0) is 4.74 Å². The first-order valence-corrected chi connectivity index (χ1v) is 5.33. The van der Waals surface area contributed by atoms with Gasteiger partial charge in [-0.05, 0) is 19.1 Å². The maximum absolute atomic E-state index is 12.0. The van der Waals surface area contributed by atoms with E-state index in [0.717, 1.165) is 5.56 Å². The summed E-state index contributed by atoms with van der Waals surface area (Å²) < 4.78 is 10.2. The molecule has 0 saturated carbocycles.